The van der Waals surface area contributed by atoms with E-state index in [-0.39, 0.29) is 36.4 Å². The number of piperidine rings is 1. The molecule has 1 fully saturated rings. The second-order valence-corrected chi connectivity index (χ2v) is 8.14. The minimum absolute atomic E-state index is 0. The van der Waals surface area contributed by atoms with Gasteiger partial charge in [0.25, 0.3) is 0 Å². The van der Waals surface area contributed by atoms with Crippen molar-refractivity contribution in [2.75, 3.05) is 57.2 Å². The van der Waals surface area contributed by atoms with Gasteiger partial charge in [0.1, 0.15) is 6.54 Å². The maximum atomic E-state index is 11.8. The number of hydrogen-bond donors (Lipinski definition) is 2. The van der Waals surface area contributed by atoms with E-state index in [1.165, 1.54) is 5.00 Å². The van der Waals surface area contributed by atoms with Crippen molar-refractivity contribution in [3.8, 4) is 0 Å². The van der Waals surface area contributed by atoms with Crippen LogP contribution in [0.15, 0.2) is 22.5 Å². The van der Waals surface area contributed by atoms with Crippen LogP contribution < -0.4 is 15.5 Å². The second-order valence-electron chi connectivity index (χ2n) is 6.23. The molecule has 1 aliphatic heterocycles. The van der Waals surface area contributed by atoms with Gasteiger partial charge in [0.05, 0.1) is 5.00 Å². The Labute approximate surface area is 182 Å². The molecule has 148 valence electrons. The average molecular weight is 511 g/mol. The fourth-order valence-corrected chi connectivity index (χ4v) is 3.69. The molecule has 1 aromatic heterocycles. The van der Waals surface area contributed by atoms with Gasteiger partial charge in [-0.1, -0.05) is 0 Å². The summed E-state index contributed by atoms with van der Waals surface area (Å²) in [6, 6.07) is 4.68. The average Bonchev–Trinajstić information content (AvgIpc) is 3.14. The van der Waals surface area contributed by atoms with Crippen LogP contribution in [0.4, 0.5) is 5.00 Å². The van der Waals surface area contributed by atoms with E-state index in [4.69, 9.17) is 0 Å². The summed E-state index contributed by atoms with van der Waals surface area (Å²) in [5.41, 5.74) is 0. The van der Waals surface area contributed by atoms with Gasteiger partial charge in [0, 0.05) is 45.5 Å². The number of thiophene rings is 1. The van der Waals surface area contributed by atoms with Crippen LogP contribution in [0.25, 0.3) is 0 Å². The van der Waals surface area contributed by atoms with Crippen LogP contribution in [0.3, 0.4) is 0 Å². The molecule has 0 unspecified atom stereocenters. The summed E-state index contributed by atoms with van der Waals surface area (Å²) in [7, 11) is 3.51. The Kier molecular flexibility index (Phi) is 11.4. The summed E-state index contributed by atoms with van der Waals surface area (Å²) in [5, 5.41) is 10.3. The first kappa shape index (κ1) is 23.4. The Morgan fingerprint density at radius 3 is 2.73 bits per heavy atom. The maximum Gasteiger partial charge on any atom is 0.243 e. The largest absolute Gasteiger partial charge is 0.363 e. The Hall–Kier alpha value is -0.680. The lowest BCUT2D eigenvalue weighted by Gasteiger charge is -2.33. The predicted molar refractivity (Wildman–Crippen MR) is 125 cm³/mol. The molecule has 0 aliphatic carbocycles. The van der Waals surface area contributed by atoms with Gasteiger partial charge in [-0.05, 0) is 36.6 Å². The lowest BCUT2D eigenvalue weighted by Crippen LogP contribution is -2.49. The first-order valence-electron chi connectivity index (χ1n) is 8.62. The number of thioether (sulfide) groups is 1. The Bertz CT molecular complexity index is 545. The van der Waals surface area contributed by atoms with Crippen LogP contribution in [0.2, 0.25) is 0 Å². The van der Waals surface area contributed by atoms with E-state index < -0.39 is 0 Å². The molecule has 0 atom stereocenters. The molecule has 0 bridgehead atoms. The molecule has 9 heteroatoms. The van der Waals surface area contributed by atoms with Gasteiger partial charge in [0.15, 0.2) is 5.96 Å². The van der Waals surface area contributed by atoms with Crippen LogP contribution in [0.5, 0.6) is 0 Å². The van der Waals surface area contributed by atoms with E-state index in [0.717, 1.165) is 44.2 Å². The number of carbonyl (C=O) groups excluding carboxylic acids is 1. The molecule has 1 aliphatic rings. The molecule has 2 rings (SSSR count). The number of nitrogens with one attached hydrogen (secondary N) is 2. The summed E-state index contributed by atoms with van der Waals surface area (Å²) < 4.78 is 0. The zero-order valence-electron chi connectivity index (χ0n) is 15.7. The molecular weight excluding hydrogens is 481 g/mol. The van der Waals surface area contributed by atoms with Crippen molar-refractivity contribution in [3.05, 3.63) is 17.5 Å². The zero-order chi connectivity index (χ0) is 18.1. The Morgan fingerprint density at radius 2 is 2.15 bits per heavy atom. The predicted octanol–water partition coefficient (Wildman–Crippen LogP) is 2.32. The standard InChI is InChI=1S/C17H29N5OS2.HI/c1-21(2)15(23)13-19-17(18-8-12-24-3)20-14-6-9-22(10-7-14)16-5-4-11-25-16;/h4-5,11,14H,6-10,12-13H2,1-3H3,(H2,18,19,20);1H. The summed E-state index contributed by atoms with van der Waals surface area (Å²) in [4.78, 5) is 20.3. The van der Waals surface area contributed by atoms with Crippen molar-refractivity contribution in [3.63, 3.8) is 0 Å². The van der Waals surface area contributed by atoms with Crippen molar-refractivity contribution in [2.45, 2.75) is 18.9 Å². The summed E-state index contributed by atoms with van der Waals surface area (Å²) in [6.45, 7) is 3.12. The van der Waals surface area contributed by atoms with Crippen LogP contribution in [-0.4, -0.2) is 75.1 Å². The van der Waals surface area contributed by atoms with Gasteiger partial charge in [-0.15, -0.1) is 35.3 Å². The Balaban J connectivity index is 0.00000338. The molecule has 1 saturated heterocycles. The van der Waals surface area contributed by atoms with E-state index >= 15 is 0 Å². The van der Waals surface area contributed by atoms with E-state index in [9.17, 15) is 4.79 Å². The second kappa shape index (κ2) is 12.7. The summed E-state index contributed by atoms with van der Waals surface area (Å²) in [5.74, 6) is 1.77. The van der Waals surface area contributed by atoms with Crippen molar-refractivity contribution in [1.29, 1.82) is 0 Å². The number of nitrogens with zero attached hydrogens (tertiary/aromatic N) is 3. The molecule has 2 N–H and O–H groups in total. The molecule has 1 aromatic rings. The van der Waals surface area contributed by atoms with E-state index in [1.807, 2.05) is 0 Å². The number of guanidine groups is 1. The number of hydrogen-bond acceptors (Lipinski definition) is 5. The topological polar surface area (TPSA) is 60.0 Å². The third kappa shape index (κ3) is 7.91. The quantitative estimate of drug-likeness (QED) is 0.255. The molecule has 0 radical (unpaired) electrons. The van der Waals surface area contributed by atoms with Crippen molar-refractivity contribution >= 4 is 63.9 Å². The number of carbonyl (C=O) groups is 1. The van der Waals surface area contributed by atoms with E-state index in [1.54, 1.807) is 42.1 Å². The molecule has 2 heterocycles. The molecule has 0 saturated carbocycles. The highest BCUT2D eigenvalue weighted by Gasteiger charge is 2.20. The highest BCUT2D eigenvalue weighted by atomic mass is 127. The van der Waals surface area contributed by atoms with Gasteiger partial charge < -0.3 is 20.4 Å². The fraction of sp³-hybridized carbons (Fsp3) is 0.647. The lowest BCUT2D eigenvalue weighted by molar-refractivity contribution is -0.127. The number of anilines is 1. The van der Waals surface area contributed by atoms with Gasteiger partial charge in [-0.2, -0.15) is 11.8 Å². The highest BCUT2D eigenvalue weighted by molar-refractivity contribution is 14.0. The lowest BCUT2D eigenvalue weighted by atomic mass is 10.1. The van der Waals surface area contributed by atoms with Gasteiger partial charge in [0.2, 0.25) is 5.91 Å². The van der Waals surface area contributed by atoms with Crippen molar-refractivity contribution in [1.82, 2.24) is 15.5 Å². The smallest absolute Gasteiger partial charge is 0.243 e. The first-order valence-corrected chi connectivity index (χ1v) is 10.9. The van der Waals surface area contributed by atoms with Crippen LogP contribution in [0.1, 0.15) is 12.8 Å². The van der Waals surface area contributed by atoms with Gasteiger partial charge in [-0.25, -0.2) is 4.99 Å². The number of amides is 1. The van der Waals surface area contributed by atoms with E-state index in [2.05, 4.69) is 44.3 Å². The van der Waals surface area contributed by atoms with Gasteiger partial charge in [-0.3, -0.25) is 4.79 Å². The maximum absolute atomic E-state index is 11.8. The third-order valence-corrected chi connectivity index (χ3v) is 5.66. The molecule has 0 spiro atoms. The van der Waals surface area contributed by atoms with Crippen molar-refractivity contribution < 1.29 is 4.79 Å². The fourth-order valence-electron chi connectivity index (χ4n) is 2.60. The minimum Gasteiger partial charge on any atom is -0.363 e. The number of aliphatic imine (C=N–C) groups is 1. The van der Waals surface area contributed by atoms with Crippen LogP contribution in [-0.2, 0) is 4.79 Å². The first-order chi connectivity index (χ1) is 12.1. The minimum atomic E-state index is 0. The monoisotopic (exact) mass is 511 g/mol. The molecular formula is C17H30IN5OS2. The molecule has 26 heavy (non-hydrogen) atoms. The zero-order valence-corrected chi connectivity index (χ0v) is 19.7. The molecule has 0 aromatic carbocycles. The van der Waals surface area contributed by atoms with Crippen LogP contribution in [0, 0.1) is 0 Å². The highest BCUT2D eigenvalue weighted by Crippen LogP contribution is 2.24. The summed E-state index contributed by atoms with van der Waals surface area (Å²) in [6.07, 6.45) is 4.23. The van der Waals surface area contributed by atoms with Gasteiger partial charge >= 0.3 is 0 Å². The van der Waals surface area contributed by atoms with E-state index in [0.29, 0.717) is 6.04 Å². The number of rotatable bonds is 7. The summed E-state index contributed by atoms with van der Waals surface area (Å²) >= 11 is 3.59. The SMILES string of the molecule is CSCCNC(=NCC(=O)N(C)C)NC1CCN(c2cccs2)CC1.I. The number of likely N-dealkylation sites (N-methyl/N-ethyl adjacent to an activating group) is 1. The molecule has 1 amide bonds. The van der Waals surface area contributed by atoms with Crippen molar-refractivity contribution in [2.24, 2.45) is 4.99 Å². The van der Waals surface area contributed by atoms with Crippen LogP contribution >= 0.6 is 47.1 Å². The Morgan fingerprint density at radius 1 is 1.42 bits per heavy atom. The molecule has 6 nitrogen and oxygen atoms in total. The normalized spacial score (nSPS) is 15.3. The third-order valence-electron chi connectivity index (χ3n) is 4.12. The number of halogens is 1.